The topological polar surface area (TPSA) is 102 Å². The second-order valence-electron chi connectivity index (χ2n) is 9.92. The van der Waals surface area contributed by atoms with Gasteiger partial charge in [0.05, 0.1) is 0 Å². The number of pyridine rings is 2. The number of nitrogens with two attached hydrogens (primary N) is 1. The highest BCUT2D eigenvalue weighted by Crippen LogP contribution is 2.30. The van der Waals surface area contributed by atoms with Gasteiger partial charge in [-0.2, -0.15) is 0 Å². The fourth-order valence-electron chi connectivity index (χ4n) is 4.00. The second-order valence-corrected chi connectivity index (χ2v) is 9.92. The van der Waals surface area contributed by atoms with Gasteiger partial charge in [0.1, 0.15) is 11.5 Å². The van der Waals surface area contributed by atoms with Crippen molar-refractivity contribution in [1.29, 1.82) is 0 Å². The number of anilines is 4. The number of nitrogens with one attached hydrogen (secondary N) is 2. The summed E-state index contributed by atoms with van der Waals surface area (Å²) in [6.07, 6.45) is 3.36. The van der Waals surface area contributed by atoms with Crippen LogP contribution in [0.15, 0.2) is 77.9 Å². The van der Waals surface area contributed by atoms with E-state index in [0.717, 1.165) is 16.7 Å². The summed E-state index contributed by atoms with van der Waals surface area (Å²) in [5, 5.41) is 6.11. The number of benzene rings is 2. The molecule has 0 fully saturated rings. The van der Waals surface area contributed by atoms with E-state index >= 15 is 0 Å². The van der Waals surface area contributed by atoms with Gasteiger partial charge in [-0.05, 0) is 59.4 Å². The molecule has 7 heteroatoms. The molecule has 0 aliphatic carbocycles. The molecule has 4 rings (SSSR count). The van der Waals surface area contributed by atoms with E-state index in [0.29, 0.717) is 28.4 Å². The summed E-state index contributed by atoms with van der Waals surface area (Å²) in [5.41, 5.74) is 11.7. The summed E-state index contributed by atoms with van der Waals surface area (Å²) in [4.78, 5) is 30.0. The highest BCUT2D eigenvalue weighted by molar-refractivity contribution is 6.05. The number of hydrogen-bond acceptors (Lipinski definition) is 5. The maximum atomic E-state index is 13.0. The Bertz CT molecular complexity index is 1480. The molecule has 0 aliphatic heterocycles. The van der Waals surface area contributed by atoms with Crippen molar-refractivity contribution in [2.24, 2.45) is 7.05 Å². The van der Waals surface area contributed by atoms with Crippen LogP contribution >= 0.6 is 0 Å². The van der Waals surface area contributed by atoms with E-state index in [-0.39, 0.29) is 16.9 Å². The number of nitrogen functional groups attached to an aromatic ring is 1. The van der Waals surface area contributed by atoms with Crippen molar-refractivity contribution in [3.05, 3.63) is 100 Å². The monoisotopic (exact) mass is 481 g/mol. The molecule has 36 heavy (non-hydrogen) atoms. The summed E-state index contributed by atoms with van der Waals surface area (Å²) >= 11 is 0. The molecule has 2 aromatic carbocycles. The largest absolute Gasteiger partial charge is 0.399 e. The number of nitrogens with zero attached hydrogens (tertiary/aromatic N) is 2. The fourth-order valence-corrected chi connectivity index (χ4v) is 4.00. The van der Waals surface area contributed by atoms with Crippen LogP contribution in [0.1, 0.15) is 42.3 Å². The molecule has 0 spiro atoms. The van der Waals surface area contributed by atoms with Crippen LogP contribution in [0.5, 0.6) is 0 Å². The van der Waals surface area contributed by atoms with Crippen LogP contribution in [0.2, 0.25) is 0 Å². The van der Waals surface area contributed by atoms with Gasteiger partial charge in [-0.1, -0.05) is 45.0 Å². The highest BCUT2D eigenvalue weighted by Gasteiger charge is 2.16. The lowest BCUT2D eigenvalue weighted by molar-refractivity contribution is 0.102. The summed E-state index contributed by atoms with van der Waals surface area (Å²) in [5.74, 6) is 0.311. The van der Waals surface area contributed by atoms with Crippen molar-refractivity contribution in [1.82, 2.24) is 9.55 Å². The van der Waals surface area contributed by atoms with Crippen molar-refractivity contribution >= 4 is 28.8 Å². The molecule has 0 bridgehead atoms. The van der Waals surface area contributed by atoms with Crippen LogP contribution in [-0.2, 0) is 12.5 Å². The first-order valence-corrected chi connectivity index (χ1v) is 11.7. The normalized spacial score (nSPS) is 11.2. The Hall–Kier alpha value is -4.39. The van der Waals surface area contributed by atoms with Crippen LogP contribution in [0.25, 0.3) is 11.1 Å². The zero-order valence-electron chi connectivity index (χ0n) is 21.2. The smallest absolute Gasteiger partial charge is 0.274 e. The van der Waals surface area contributed by atoms with Crippen molar-refractivity contribution in [2.45, 2.75) is 33.1 Å². The third-order valence-electron chi connectivity index (χ3n) is 6.14. The molecular weight excluding hydrogens is 450 g/mol. The van der Waals surface area contributed by atoms with E-state index in [9.17, 15) is 9.59 Å². The molecule has 2 aromatic heterocycles. The van der Waals surface area contributed by atoms with E-state index in [1.54, 1.807) is 37.6 Å². The minimum Gasteiger partial charge on any atom is -0.399 e. The Morgan fingerprint density at radius 1 is 1.00 bits per heavy atom. The number of rotatable bonds is 5. The average Bonchev–Trinajstić information content (AvgIpc) is 2.83. The maximum Gasteiger partial charge on any atom is 0.274 e. The molecule has 0 unspecified atom stereocenters. The van der Waals surface area contributed by atoms with Crippen LogP contribution in [0, 0.1) is 6.92 Å². The Morgan fingerprint density at radius 2 is 1.72 bits per heavy atom. The van der Waals surface area contributed by atoms with Gasteiger partial charge in [0.2, 0.25) is 0 Å². The van der Waals surface area contributed by atoms with E-state index in [1.807, 2.05) is 49.4 Å². The lowest BCUT2D eigenvalue weighted by Gasteiger charge is -2.19. The summed E-state index contributed by atoms with van der Waals surface area (Å²) in [6.45, 7) is 8.38. The molecule has 0 aliphatic rings. The zero-order chi connectivity index (χ0) is 26.0. The zero-order valence-corrected chi connectivity index (χ0v) is 21.2. The van der Waals surface area contributed by atoms with E-state index in [4.69, 9.17) is 5.73 Å². The summed E-state index contributed by atoms with van der Waals surface area (Å²) in [7, 11) is 1.70. The molecule has 0 atom stereocenters. The van der Waals surface area contributed by atoms with E-state index in [2.05, 4.69) is 36.4 Å². The molecule has 4 N–H and O–H groups in total. The van der Waals surface area contributed by atoms with Crippen LogP contribution in [-0.4, -0.2) is 15.5 Å². The predicted octanol–water partition coefficient (Wildman–Crippen LogP) is 5.63. The first-order chi connectivity index (χ1) is 17.0. The number of aryl methyl sites for hydroxylation is 1. The molecule has 4 aromatic rings. The van der Waals surface area contributed by atoms with Crippen LogP contribution < -0.4 is 21.9 Å². The molecular formula is C29H31N5O2. The van der Waals surface area contributed by atoms with Gasteiger partial charge < -0.3 is 20.9 Å². The SMILES string of the molecule is Cc1c(NC(=O)c2ccc(C(C)(C)C)cc2)cccc1-c1cc(Nc2cc(N)ccn2)c(=O)n(C)c1. The van der Waals surface area contributed by atoms with Gasteiger partial charge >= 0.3 is 0 Å². The first kappa shape index (κ1) is 24.7. The van der Waals surface area contributed by atoms with Gasteiger partial charge in [0.25, 0.3) is 11.5 Å². The third kappa shape index (κ3) is 5.30. The van der Waals surface area contributed by atoms with Crippen LogP contribution in [0.3, 0.4) is 0 Å². The molecule has 0 saturated carbocycles. The van der Waals surface area contributed by atoms with Crippen molar-refractivity contribution in [3.8, 4) is 11.1 Å². The van der Waals surface area contributed by atoms with Crippen molar-refractivity contribution in [3.63, 3.8) is 0 Å². The minimum atomic E-state index is -0.191. The van der Waals surface area contributed by atoms with E-state index in [1.165, 1.54) is 10.1 Å². The molecule has 7 nitrogen and oxygen atoms in total. The van der Waals surface area contributed by atoms with E-state index < -0.39 is 0 Å². The molecule has 0 radical (unpaired) electrons. The second kappa shape index (κ2) is 9.70. The molecule has 2 heterocycles. The Morgan fingerprint density at radius 3 is 2.39 bits per heavy atom. The van der Waals surface area contributed by atoms with Gasteiger partial charge in [0, 0.05) is 48.0 Å². The van der Waals surface area contributed by atoms with Gasteiger partial charge in [-0.15, -0.1) is 0 Å². The standard InChI is InChI=1S/C29H31N5O2/c1-18-23(20-15-25(28(36)34(5)17-20)32-26-16-22(30)13-14-31-26)7-6-8-24(18)33-27(35)19-9-11-21(12-10-19)29(2,3)4/h6-17H,1-5H3,(H,33,35)(H3,30,31,32). The summed E-state index contributed by atoms with van der Waals surface area (Å²) < 4.78 is 1.52. The first-order valence-electron chi connectivity index (χ1n) is 11.7. The number of aromatic nitrogens is 2. The maximum absolute atomic E-state index is 13.0. The number of amides is 1. The predicted molar refractivity (Wildman–Crippen MR) is 147 cm³/mol. The van der Waals surface area contributed by atoms with Gasteiger partial charge in [0.15, 0.2) is 0 Å². The Kier molecular flexibility index (Phi) is 6.66. The lowest BCUT2D eigenvalue weighted by Crippen LogP contribution is -2.20. The number of carbonyl (C=O) groups excluding carboxylic acids is 1. The average molecular weight is 482 g/mol. The minimum absolute atomic E-state index is 0.0204. The van der Waals surface area contributed by atoms with Gasteiger partial charge in [-0.25, -0.2) is 4.98 Å². The fraction of sp³-hybridized carbons (Fsp3) is 0.207. The molecule has 184 valence electrons. The quantitative estimate of drug-likeness (QED) is 0.343. The van der Waals surface area contributed by atoms with Crippen LogP contribution in [0.4, 0.5) is 22.9 Å². The third-order valence-corrected chi connectivity index (χ3v) is 6.14. The van der Waals surface area contributed by atoms with Gasteiger partial charge in [-0.3, -0.25) is 9.59 Å². The molecule has 0 saturated heterocycles. The van der Waals surface area contributed by atoms with Crippen molar-refractivity contribution < 1.29 is 4.79 Å². The Balaban J connectivity index is 1.63. The number of carbonyl (C=O) groups is 1. The lowest BCUT2D eigenvalue weighted by atomic mass is 9.86. The summed E-state index contributed by atoms with van der Waals surface area (Å²) in [6, 6.07) is 18.5. The Labute approximate surface area is 211 Å². The number of hydrogen-bond donors (Lipinski definition) is 3. The van der Waals surface area contributed by atoms with Crippen molar-refractivity contribution in [2.75, 3.05) is 16.4 Å². The highest BCUT2D eigenvalue weighted by atomic mass is 16.1. The molecule has 1 amide bonds.